The molecule has 2 unspecified atom stereocenters. The van der Waals surface area contributed by atoms with Crippen molar-refractivity contribution in [1.29, 1.82) is 0 Å². The molecular formula is C7H15NO4. The van der Waals surface area contributed by atoms with Gasteiger partial charge < -0.3 is 19.7 Å². The van der Waals surface area contributed by atoms with Crippen molar-refractivity contribution in [3.8, 4) is 0 Å². The quantitative estimate of drug-likeness (QED) is 0.510. The first-order valence-electron chi connectivity index (χ1n) is 3.82. The Hall–Kier alpha value is -0.200. The average Bonchev–Trinajstić information content (AvgIpc) is 1.81. The van der Waals surface area contributed by atoms with E-state index in [-0.39, 0.29) is 0 Å². The van der Waals surface area contributed by atoms with Gasteiger partial charge in [0.25, 0.3) is 5.91 Å². The monoisotopic (exact) mass is 177 g/mol. The fourth-order valence-corrected chi connectivity index (χ4v) is 1.23. The molecule has 1 saturated heterocycles. The fourth-order valence-electron chi connectivity index (χ4n) is 1.23. The van der Waals surface area contributed by atoms with Crippen molar-refractivity contribution in [3.05, 3.63) is 0 Å². The summed E-state index contributed by atoms with van der Waals surface area (Å²) in [7, 11) is 0. The van der Waals surface area contributed by atoms with Gasteiger partial charge in [0.05, 0.1) is 6.10 Å². The maximum absolute atomic E-state index is 9.31. The van der Waals surface area contributed by atoms with Crippen LogP contribution in [0.2, 0.25) is 0 Å². The molecule has 0 aromatic heterocycles. The lowest BCUT2D eigenvalue weighted by Gasteiger charge is -2.52. The van der Waals surface area contributed by atoms with Gasteiger partial charge in [0, 0.05) is 0 Å². The van der Waals surface area contributed by atoms with Gasteiger partial charge in [-0.15, -0.1) is 0 Å². The van der Waals surface area contributed by atoms with Crippen LogP contribution in [0.15, 0.2) is 0 Å². The summed E-state index contributed by atoms with van der Waals surface area (Å²) >= 11 is 0. The van der Waals surface area contributed by atoms with Crippen LogP contribution in [0.3, 0.4) is 0 Å². The lowest BCUT2D eigenvalue weighted by atomic mass is 10.1. The number of hydrogen-bond donors (Lipinski definition) is 3. The molecule has 1 rings (SSSR count). The van der Waals surface area contributed by atoms with Crippen molar-refractivity contribution < 1.29 is 19.7 Å². The van der Waals surface area contributed by atoms with E-state index in [9.17, 15) is 5.11 Å². The van der Waals surface area contributed by atoms with Crippen LogP contribution < -0.4 is 5.73 Å². The molecule has 1 aliphatic heterocycles. The Bertz CT molecular complexity index is 172. The first kappa shape index (κ1) is 9.88. The first-order chi connectivity index (χ1) is 5.27. The minimum absolute atomic E-state index is 0.773. The maximum Gasteiger partial charge on any atom is 0.259 e. The highest BCUT2D eigenvalue weighted by Gasteiger charge is 2.55. The molecule has 0 spiro atoms. The number of nitrogens with two attached hydrogens (primary N) is 1. The fraction of sp³-hybridized carbons (Fsp3) is 1.00. The normalized spacial score (nSPS) is 30.5. The molecule has 0 aromatic rings. The summed E-state index contributed by atoms with van der Waals surface area (Å²) in [4.78, 5) is 0. The van der Waals surface area contributed by atoms with Crippen molar-refractivity contribution >= 4 is 0 Å². The Labute approximate surface area is 71.1 Å². The minimum atomic E-state index is -1.56. The lowest BCUT2D eigenvalue weighted by Crippen LogP contribution is -2.72. The van der Waals surface area contributed by atoms with Gasteiger partial charge in [-0.3, -0.25) is 5.73 Å². The molecule has 72 valence electrons. The summed E-state index contributed by atoms with van der Waals surface area (Å²) in [6.07, 6.45) is -2.21. The number of rotatable bonds is 2. The second-order valence-corrected chi connectivity index (χ2v) is 3.51. The van der Waals surface area contributed by atoms with E-state index in [1.807, 2.05) is 0 Å². The van der Waals surface area contributed by atoms with Crippen LogP contribution in [0.5, 0.6) is 0 Å². The Kier molecular flexibility index (Phi) is 2.18. The SMILES string of the molecule is CC(O)C(O)C1(N)OC(C)(C)O1. The van der Waals surface area contributed by atoms with Crippen LogP contribution in [-0.4, -0.2) is 34.1 Å². The van der Waals surface area contributed by atoms with Crippen molar-refractivity contribution in [3.63, 3.8) is 0 Å². The Morgan fingerprint density at radius 1 is 1.25 bits per heavy atom. The summed E-state index contributed by atoms with van der Waals surface area (Å²) in [5.74, 6) is -2.33. The summed E-state index contributed by atoms with van der Waals surface area (Å²) in [5.41, 5.74) is 5.47. The molecule has 1 aliphatic rings. The third-order valence-electron chi connectivity index (χ3n) is 1.68. The topological polar surface area (TPSA) is 84.9 Å². The summed E-state index contributed by atoms with van der Waals surface area (Å²) < 4.78 is 10.2. The van der Waals surface area contributed by atoms with E-state index >= 15 is 0 Å². The van der Waals surface area contributed by atoms with Crippen molar-refractivity contribution in [2.45, 2.75) is 44.7 Å². The molecule has 0 amide bonds. The van der Waals surface area contributed by atoms with E-state index in [2.05, 4.69) is 0 Å². The highest BCUT2D eigenvalue weighted by atomic mass is 16.9. The molecule has 2 atom stereocenters. The van der Waals surface area contributed by atoms with Crippen molar-refractivity contribution in [2.75, 3.05) is 0 Å². The molecule has 4 N–H and O–H groups in total. The van der Waals surface area contributed by atoms with Crippen LogP contribution in [0.4, 0.5) is 0 Å². The van der Waals surface area contributed by atoms with Gasteiger partial charge in [0.15, 0.2) is 5.79 Å². The van der Waals surface area contributed by atoms with Gasteiger partial charge in [0.1, 0.15) is 6.10 Å². The number of hydrogen-bond acceptors (Lipinski definition) is 5. The summed E-state index contributed by atoms with van der Waals surface area (Å²) in [6, 6.07) is 0. The third kappa shape index (κ3) is 1.60. The molecule has 0 radical (unpaired) electrons. The molecule has 0 bridgehead atoms. The lowest BCUT2D eigenvalue weighted by molar-refractivity contribution is -0.518. The van der Waals surface area contributed by atoms with Gasteiger partial charge in [-0.1, -0.05) is 0 Å². The highest BCUT2D eigenvalue weighted by Crippen LogP contribution is 2.36. The predicted molar refractivity (Wildman–Crippen MR) is 40.9 cm³/mol. The average molecular weight is 177 g/mol. The number of ether oxygens (including phenoxy) is 2. The zero-order valence-corrected chi connectivity index (χ0v) is 7.44. The highest BCUT2D eigenvalue weighted by molar-refractivity contribution is 4.86. The molecule has 0 aromatic carbocycles. The van der Waals surface area contributed by atoms with Crippen LogP contribution >= 0.6 is 0 Å². The van der Waals surface area contributed by atoms with Crippen molar-refractivity contribution in [2.24, 2.45) is 5.73 Å². The van der Waals surface area contributed by atoms with E-state index < -0.39 is 23.9 Å². The van der Waals surface area contributed by atoms with E-state index in [4.69, 9.17) is 20.3 Å². The predicted octanol–water partition coefficient (Wildman–Crippen LogP) is -0.877. The molecule has 0 aliphatic carbocycles. The standard InChI is InChI=1S/C7H15NO4/c1-4(9)5(10)7(8)11-6(2,3)12-7/h4-5,9-10H,8H2,1-3H3. The first-order valence-corrected chi connectivity index (χ1v) is 3.82. The van der Waals surface area contributed by atoms with Gasteiger partial charge in [-0.25, -0.2) is 0 Å². The van der Waals surface area contributed by atoms with Gasteiger partial charge in [-0.2, -0.15) is 0 Å². The van der Waals surface area contributed by atoms with Crippen LogP contribution in [-0.2, 0) is 9.47 Å². The van der Waals surface area contributed by atoms with Crippen LogP contribution in [0.25, 0.3) is 0 Å². The van der Waals surface area contributed by atoms with Crippen LogP contribution in [0.1, 0.15) is 20.8 Å². The van der Waals surface area contributed by atoms with Gasteiger partial charge in [0.2, 0.25) is 0 Å². The molecule has 1 fully saturated rings. The van der Waals surface area contributed by atoms with E-state index in [0.717, 1.165) is 0 Å². The molecule has 5 heteroatoms. The number of aliphatic hydroxyl groups excluding tert-OH is 2. The molecular weight excluding hydrogens is 162 g/mol. The van der Waals surface area contributed by atoms with E-state index in [1.165, 1.54) is 6.92 Å². The molecule has 12 heavy (non-hydrogen) atoms. The van der Waals surface area contributed by atoms with Crippen LogP contribution in [0, 0.1) is 0 Å². The smallest absolute Gasteiger partial charge is 0.259 e. The Balaban J connectivity index is 2.55. The summed E-state index contributed by atoms with van der Waals surface area (Å²) in [5, 5.41) is 18.3. The zero-order valence-electron chi connectivity index (χ0n) is 7.44. The summed E-state index contributed by atoms with van der Waals surface area (Å²) in [6.45, 7) is 4.76. The van der Waals surface area contributed by atoms with E-state index in [0.29, 0.717) is 0 Å². The molecule has 0 saturated carbocycles. The van der Waals surface area contributed by atoms with E-state index in [1.54, 1.807) is 13.8 Å². The second-order valence-electron chi connectivity index (χ2n) is 3.51. The van der Waals surface area contributed by atoms with Gasteiger partial charge in [-0.05, 0) is 20.8 Å². The molecule has 5 nitrogen and oxygen atoms in total. The number of aliphatic hydroxyl groups is 2. The maximum atomic E-state index is 9.31. The van der Waals surface area contributed by atoms with Gasteiger partial charge >= 0.3 is 0 Å². The van der Waals surface area contributed by atoms with Crippen molar-refractivity contribution in [1.82, 2.24) is 0 Å². The molecule has 1 heterocycles. The Morgan fingerprint density at radius 2 is 1.67 bits per heavy atom. The Morgan fingerprint density at radius 3 is 1.92 bits per heavy atom. The minimum Gasteiger partial charge on any atom is -0.390 e. The third-order valence-corrected chi connectivity index (χ3v) is 1.68. The second kappa shape index (κ2) is 2.65. The zero-order chi connectivity index (χ0) is 9.57. The largest absolute Gasteiger partial charge is 0.390 e.